The third-order valence-corrected chi connectivity index (χ3v) is 2.59. The normalized spacial score (nSPS) is 13.0. The Morgan fingerprint density at radius 1 is 1.53 bits per heavy atom. The lowest BCUT2D eigenvalue weighted by atomic mass is 10.2. The van der Waals surface area contributed by atoms with Gasteiger partial charge in [0.15, 0.2) is 11.1 Å². The van der Waals surface area contributed by atoms with Crippen molar-refractivity contribution in [2.75, 3.05) is 7.11 Å². The first kappa shape index (κ1) is 11.9. The molecule has 0 bridgehead atoms. The van der Waals surface area contributed by atoms with Gasteiger partial charge < -0.3 is 9.29 Å². The fourth-order valence-corrected chi connectivity index (χ4v) is 1.61. The first-order valence-electron chi connectivity index (χ1n) is 4.64. The third-order valence-electron chi connectivity index (χ3n) is 1.94. The van der Waals surface area contributed by atoms with Crippen molar-refractivity contribution in [1.29, 1.82) is 0 Å². The zero-order chi connectivity index (χ0) is 11.3. The van der Waals surface area contributed by atoms with Crippen LogP contribution in [0, 0.1) is 0 Å². The molecule has 0 heterocycles. The van der Waals surface area contributed by atoms with Crippen LogP contribution in [0.5, 0.6) is 5.75 Å². The molecule has 1 aromatic carbocycles. The van der Waals surface area contributed by atoms with E-state index >= 15 is 0 Å². The molecule has 0 fully saturated rings. The summed E-state index contributed by atoms with van der Waals surface area (Å²) in [6.07, 6.45) is 4.77. The molecular formula is C11H14O3S. The van der Waals surface area contributed by atoms with E-state index in [0.717, 1.165) is 12.0 Å². The van der Waals surface area contributed by atoms with Gasteiger partial charge >= 0.3 is 0 Å². The topological polar surface area (TPSA) is 46.5 Å². The SMILES string of the molecule is CC/C=C/c1cc(S(=O)O)ccc1OC. The number of ether oxygens (including phenoxy) is 1. The fraction of sp³-hybridized carbons (Fsp3) is 0.273. The minimum atomic E-state index is -1.94. The van der Waals surface area contributed by atoms with Crippen LogP contribution in [0.2, 0.25) is 0 Å². The minimum absolute atomic E-state index is 0.381. The highest BCUT2D eigenvalue weighted by atomic mass is 32.2. The van der Waals surface area contributed by atoms with Crippen LogP contribution >= 0.6 is 0 Å². The van der Waals surface area contributed by atoms with Crippen molar-refractivity contribution in [2.45, 2.75) is 18.2 Å². The van der Waals surface area contributed by atoms with E-state index in [1.54, 1.807) is 25.3 Å². The molecule has 1 atom stereocenters. The van der Waals surface area contributed by atoms with Gasteiger partial charge in [0.05, 0.1) is 12.0 Å². The van der Waals surface area contributed by atoms with Crippen LogP contribution in [0.25, 0.3) is 6.08 Å². The van der Waals surface area contributed by atoms with Gasteiger partial charge in [-0.15, -0.1) is 0 Å². The molecule has 15 heavy (non-hydrogen) atoms. The second-order valence-corrected chi connectivity index (χ2v) is 3.93. The Hall–Kier alpha value is -1.13. The summed E-state index contributed by atoms with van der Waals surface area (Å²) in [4.78, 5) is 0.381. The number of rotatable bonds is 4. The van der Waals surface area contributed by atoms with Crippen molar-refractivity contribution >= 4 is 17.2 Å². The van der Waals surface area contributed by atoms with Crippen molar-refractivity contribution in [2.24, 2.45) is 0 Å². The van der Waals surface area contributed by atoms with Gasteiger partial charge in [-0.25, -0.2) is 4.21 Å². The first-order valence-corrected chi connectivity index (χ1v) is 5.75. The average molecular weight is 226 g/mol. The predicted octanol–water partition coefficient (Wildman–Crippen LogP) is 2.70. The Kier molecular flexibility index (Phi) is 4.52. The maximum absolute atomic E-state index is 10.9. The van der Waals surface area contributed by atoms with E-state index in [1.807, 2.05) is 19.1 Å². The summed E-state index contributed by atoms with van der Waals surface area (Å²) in [6, 6.07) is 4.93. The lowest BCUT2D eigenvalue weighted by Gasteiger charge is -2.05. The van der Waals surface area contributed by atoms with E-state index in [4.69, 9.17) is 9.29 Å². The van der Waals surface area contributed by atoms with Crippen LogP contribution in [-0.2, 0) is 11.1 Å². The van der Waals surface area contributed by atoms with E-state index in [0.29, 0.717) is 10.6 Å². The van der Waals surface area contributed by atoms with Crippen LogP contribution in [0.15, 0.2) is 29.2 Å². The number of methoxy groups -OCH3 is 1. The van der Waals surface area contributed by atoms with Gasteiger partial charge in [-0.05, 0) is 24.6 Å². The maximum atomic E-state index is 10.9. The van der Waals surface area contributed by atoms with E-state index in [1.165, 1.54) is 0 Å². The van der Waals surface area contributed by atoms with Crippen LogP contribution in [0.1, 0.15) is 18.9 Å². The number of allylic oxidation sites excluding steroid dienone is 1. The minimum Gasteiger partial charge on any atom is -0.496 e. The summed E-state index contributed by atoms with van der Waals surface area (Å²) in [7, 11) is 1.58. The van der Waals surface area contributed by atoms with Gasteiger partial charge in [0.2, 0.25) is 0 Å². The highest BCUT2D eigenvalue weighted by molar-refractivity contribution is 7.79. The summed E-state index contributed by atoms with van der Waals surface area (Å²) in [5, 5.41) is 0. The second kappa shape index (κ2) is 5.68. The highest BCUT2D eigenvalue weighted by Crippen LogP contribution is 2.22. The summed E-state index contributed by atoms with van der Waals surface area (Å²) in [5.41, 5.74) is 0.819. The van der Waals surface area contributed by atoms with Crippen LogP contribution in [-0.4, -0.2) is 15.9 Å². The molecule has 1 rings (SSSR count). The lowest BCUT2D eigenvalue weighted by Crippen LogP contribution is -1.92. The summed E-state index contributed by atoms with van der Waals surface area (Å²) >= 11 is -1.94. The smallest absolute Gasteiger partial charge is 0.186 e. The van der Waals surface area contributed by atoms with Gasteiger partial charge in [0.25, 0.3) is 0 Å². The molecular weight excluding hydrogens is 212 g/mol. The van der Waals surface area contributed by atoms with Crippen LogP contribution in [0.4, 0.5) is 0 Å². The summed E-state index contributed by atoms with van der Waals surface area (Å²) in [5.74, 6) is 0.703. The van der Waals surface area contributed by atoms with Crippen molar-refractivity contribution in [1.82, 2.24) is 0 Å². The van der Waals surface area contributed by atoms with Crippen molar-refractivity contribution in [3.63, 3.8) is 0 Å². The standard InChI is InChI=1S/C11H14O3S/c1-3-4-5-9-8-10(15(12)13)6-7-11(9)14-2/h4-8H,3H2,1-2H3,(H,12,13)/b5-4+. The summed E-state index contributed by atoms with van der Waals surface area (Å²) in [6.45, 7) is 2.02. The molecule has 82 valence electrons. The monoisotopic (exact) mass is 226 g/mol. The van der Waals surface area contributed by atoms with Gasteiger partial charge in [0, 0.05) is 5.56 Å². The molecule has 0 aliphatic carbocycles. The number of hydrogen-bond donors (Lipinski definition) is 1. The number of benzene rings is 1. The molecule has 0 radical (unpaired) electrons. The summed E-state index contributed by atoms with van der Waals surface area (Å²) < 4.78 is 25.0. The Morgan fingerprint density at radius 3 is 2.80 bits per heavy atom. The van der Waals surface area contributed by atoms with E-state index < -0.39 is 11.1 Å². The molecule has 1 aromatic rings. The second-order valence-electron chi connectivity index (χ2n) is 2.96. The Bertz CT molecular complexity index is 385. The van der Waals surface area contributed by atoms with Crippen LogP contribution < -0.4 is 4.74 Å². The average Bonchev–Trinajstić information content (AvgIpc) is 2.25. The molecule has 0 saturated heterocycles. The fourth-order valence-electron chi connectivity index (χ4n) is 1.20. The van der Waals surface area contributed by atoms with Crippen molar-refractivity contribution in [3.8, 4) is 5.75 Å². The zero-order valence-electron chi connectivity index (χ0n) is 8.77. The molecule has 3 nitrogen and oxygen atoms in total. The van der Waals surface area contributed by atoms with Crippen LogP contribution in [0.3, 0.4) is 0 Å². The van der Waals surface area contributed by atoms with E-state index in [-0.39, 0.29) is 0 Å². The van der Waals surface area contributed by atoms with Crippen molar-refractivity contribution in [3.05, 3.63) is 29.8 Å². The van der Waals surface area contributed by atoms with E-state index in [9.17, 15) is 4.21 Å². The molecule has 0 aliphatic heterocycles. The number of hydrogen-bond acceptors (Lipinski definition) is 2. The van der Waals surface area contributed by atoms with Crippen molar-refractivity contribution < 1.29 is 13.5 Å². The molecule has 4 heteroatoms. The predicted molar refractivity (Wildman–Crippen MR) is 61.4 cm³/mol. The van der Waals surface area contributed by atoms with E-state index in [2.05, 4.69) is 0 Å². The molecule has 1 unspecified atom stereocenters. The first-order chi connectivity index (χ1) is 7.19. The zero-order valence-corrected chi connectivity index (χ0v) is 9.58. The molecule has 0 aromatic heterocycles. The quantitative estimate of drug-likeness (QED) is 0.803. The van der Waals surface area contributed by atoms with Gasteiger partial charge in [-0.2, -0.15) is 0 Å². The largest absolute Gasteiger partial charge is 0.496 e. The van der Waals surface area contributed by atoms with Gasteiger partial charge in [-0.3, -0.25) is 0 Å². The molecule has 0 saturated carbocycles. The Morgan fingerprint density at radius 2 is 2.27 bits per heavy atom. The third kappa shape index (κ3) is 3.18. The highest BCUT2D eigenvalue weighted by Gasteiger charge is 2.04. The Balaban J connectivity index is 3.13. The maximum Gasteiger partial charge on any atom is 0.186 e. The lowest BCUT2D eigenvalue weighted by molar-refractivity contribution is 0.413. The molecule has 0 spiro atoms. The molecule has 0 aliphatic rings. The molecule has 0 amide bonds. The molecule has 1 N–H and O–H groups in total. The van der Waals surface area contributed by atoms with Gasteiger partial charge in [0.1, 0.15) is 5.75 Å². The van der Waals surface area contributed by atoms with Gasteiger partial charge in [-0.1, -0.05) is 19.1 Å². The Labute approximate surface area is 92.1 Å².